The molecule has 0 aliphatic rings. The van der Waals surface area contributed by atoms with E-state index < -0.39 is 5.97 Å². The van der Waals surface area contributed by atoms with Crippen molar-refractivity contribution in [2.75, 3.05) is 6.61 Å². The zero-order valence-corrected chi connectivity index (χ0v) is 37.5. The maximum atomic E-state index is 12.2. The van der Waals surface area contributed by atoms with Gasteiger partial charge < -0.3 is 53.9 Å². The molecule has 4 heterocycles. The molecule has 0 unspecified atom stereocenters. The standard InChI is InChI=1S/C28H25NO5.C26H21NO5.Li.H2O/c1-2-31-26(30)15-21-6-7-25-23(9-11-32-25)27(21)34-17-19-13-22-8-10-33-28(22)24(14-19)20-5-3-4-18(12-20)16-29;27-14-16-2-1-3-18(10-16)22-12-17(11-20-6-8-31-26(20)22)15-32-25-19(13-24(28)29)4-5-23-21(25)7-9-30-23;;/h3-14H,2,15-17,29H2,1H3;1-12H,13-15,27H2,(H,28,29);;1H2/q;;+1;/p-1. The van der Waals surface area contributed by atoms with E-state index in [9.17, 15) is 14.7 Å². The van der Waals surface area contributed by atoms with Gasteiger partial charge >= 0.3 is 30.8 Å². The van der Waals surface area contributed by atoms with Crippen molar-refractivity contribution in [2.45, 2.75) is 46.1 Å². The van der Waals surface area contributed by atoms with Gasteiger partial charge in [-0.05, 0) is 113 Å². The molecule has 4 aromatic heterocycles. The molecule has 340 valence electrons. The number of hydrogen-bond donors (Lipinski definition) is 3. The topological polar surface area (TPSA) is 217 Å². The fraction of sp³-hybridized carbons (Fsp3) is 0.148. The zero-order valence-electron chi connectivity index (χ0n) is 37.5. The number of esters is 1. The number of ether oxygens (including phenoxy) is 3. The quantitative estimate of drug-likeness (QED) is 0.0652. The van der Waals surface area contributed by atoms with Crippen LogP contribution in [0.1, 0.15) is 40.3 Å². The molecule has 0 saturated heterocycles. The molecule has 0 radical (unpaired) electrons. The number of nitrogens with two attached hydrogens (primary N) is 2. The summed E-state index contributed by atoms with van der Waals surface area (Å²) in [5.74, 6) is -0.0624. The first-order chi connectivity index (χ1) is 32.3. The van der Waals surface area contributed by atoms with E-state index in [1.807, 2.05) is 78.9 Å². The number of carbonyl (C=O) groups excluding carboxylic acids is 1. The van der Waals surface area contributed by atoms with Gasteiger partial charge in [-0.15, -0.1) is 0 Å². The molecule has 0 amide bonds. The van der Waals surface area contributed by atoms with Gasteiger partial charge in [-0.3, -0.25) is 9.59 Å². The number of aliphatic carboxylic acids is 1. The molecule has 10 aromatic rings. The first-order valence-electron chi connectivity index (χ1n) is 21.5. The van der Waals surface area contributed by atoms with E-state index in [0.29, 0.717) is 54.5 Å². The van der Waals surface area contributed by atoms with Crippen molar-refractivity contribution in [3.63, 3.8) is 0 Å². The van der Waals surface area contributed by atoms with Crippen LogP contribution in [0.25, 0.3) is 66.1 Å². The third kappa shape index (κ3) is 10.5. The summed E-state index contributed by atoms with van der Waals surface area (Å²) in [6.07, 6.45) is 6.54. The summed E-state index contributed by atoms with van der Waals surface area (Å²) in [7, 11) is 0. The Morgan fingerprint density at radius 1 is 0.559 bits per heavy atom. The van der Waals surface area contributed by atoms with Crippen molar-refractivity contribution >= 4 is 55.8 Å². The minimum atomic E-state index is -0.917. The third-order valence-electron chi connectivity index (χ3n) is 11.3. The molecule has 0 fully saturated rings. The van der Waals surface area contributed by atoms with Crippen molar-refractivity contribution in [1.29, 1.82) is 0 Å². The predicted octanol–water partition coefficient (Wildman–Crippen LogP) is 8.33. The van der Waals surface area contributed by atoms with Gasteiger partial charge in [0.1, 0.15) is 47.0 Å². The third-order valence-corrected chi connectivity index (χ3v) is 11.3. The Morgan fingerprint density at radius 2 is 1.03 bits per heavy atom. The summed E-state index contributed by atoms with van der Waals surface area (Å²) in [4.78, 5) is 23.5. The predicted molar refractivity (Wildman–Crippen MR) is 254 cm³/mol. The van der Waals surface area contributed by atoms with Crippen LogP contribution in [-0.4, -0.2) is 29.1 Å². The van der Waals surface area contributed by atoms with Gasteiger partial charge in [0.2, 0.25) is 0 Å². The first kappa shape index (κ1) is 48.4. The second kappa shape index (κ2) is 21.9. The van der Waals surface area contributed by atoms with E-state index in [1.54, 1.807) is 50.2 Å². The van der Waals surface area contributed by atoms with E-state index in [2.05, 4.69) is 24.3 Å². The van der Waals surface area contributed by atoms with Gasteiger partial charge in [0, 0.05) is 46.1 Å². The molecular formula is C54H47LiN2O11. The molecule has 10 rings (SSSR count). The number of carboxylic acid groups (broad SMARTS) is 1. The van der Waals surface area contributed by atoms with Gasteiger partial charge in [0.25, 0.3) is 0 Å². The van der Waals surface area contributed by atoms with E-state index in [0.717, 1.165) is 82.8 Å². The molecule has 6 N–H and O–H groups in total. The van der Waals surface area contributed by atoms with Gasteiger partial charge in [0.15, 0.2) is 0 Å². The van der Waals surface area contributed by atoms with Crippen molar-refractivity contribution in [3.8, 4) is 33.8 Å². The van der Waals surface area contributed by atoms with Crippen LogP contribution >= 0.6 is 0 Å². The van der Waals surface area contributed by atoms with Gasteiger partial charge in [-0.1, -0.05) is 48.5 Å². The van der Waals surface area contributed by atoms with Crippen molar-refractivity contribution < 1.29 is 70.9 Å². The Kier molecular flexibility index (Phi) is 15.6. The molecule has 13 nitrogen and oxygen atoms in total. The Hall–Kier alpha value is -7.50. The Labute approximate surface area is 402 Å². The summed E-state index contributed by atoms with van der Waals surface area (Å²) in [5, 5.41) is 12.8. The second-order valence-corrected chi connectivity index (χ2v) is 15.7. The number of fused-ring (bicyclic) bond motifs is 4. The Bertz CT molecular complexity index is 3340. The van der Waals surface area contributed by atoms with E-state index in [4.69, 9.17) is 43.3 Å². The van der Waals surface area contributed by atoms with Crippen LogP contribution in [0.2, 0.25) is 0 Å². The van der Waals surface area contributed by atoms with Crippen LogP contribution in [0, 0.1) is 0 Å². The molecule has 14 heteroatoms. The Balaban J connectivity index is 0.000000196. The van der Waals surface area contributed by atoms with Crippen molar-refractivity contribution in [2.24, 2.45) is 11.5 Å². The minimum absolute atomic E-state index is 0. The molecule has 0 aliphatic carbocycles. The Morgan fingerprint density at radius 3 is 1.49 bits per heavy atom. The van der Waals surface area contributed by atoms with Crippen LogP contribution in [-0.2, 0) is 53.5 Å². The van der Waals surface area contributed by atoms with Gasteiger partial charge in [0.05, 0.1) is 55.3 Å². The molecule has 68 heavy (non-hydrogen) atoms. The van der Waals surface area contributed by atoms with Crippen molar-refractivity contribution in [3.05, 3.63) is 180 Å². The largest absolute Gasteiger partial charge is 1.00 e. The van der Waals surface area contributed by atoms with Crippen LogP contribution < -0.4 is 39.8 Å². The maximum Gasteiger partial charge on any atom is 1.00 e. The fourth-order valence-electron chi connectivity index (χ4n) is 8.20. The molecule has 0 aliphatic heterocycles. The number of carbonyl (C=O) groups is 2. The fourth-order valence-corrected chi connectivity index (χ4v) is 8.20. The molecule has 0 atom stereocenters. The van der Waals surface area contributed by atoms with Crippen molar-refractivity contribution in [1.82, 2.24) is 0 Å². The van der Waals surface area contributed by atoms with Crippen LogP contribution in [0.3, 0.4) is 0 Å². The average molecular weight is 907 g/mol. The first-order valence-corrected chi connectivity index (χ1v) is 21.5. The van der Waals surface area contributed by atoms with E-state index in [1.165, 1.54) is 0 Å². The van der Waals surface area contributed by atoms with Crippen LogP contribution in [0.5, 0.6) is 11.5 Å². The normalized spacial score (nSPS) is 10.9. The number of hydrogen-bond acceptors (Lipinski definition) is 12. The van der Waals surface area contributed by atoms with Crippen LogP contribution in [0.15, 0.2) is 164 Å². The summed E-state index contributed by atoms with van der Waals surface area (Å²) < 4.78 is 40.2. The van der Waals surface area contributed by atoms with Crippen LogP contribution in [0.4, 0.5) is 0 Å². The van der Waals surface area contributed by atoms with E-state index >= 15 is 0 Å². The summed E-state index contributed by atoms with van der Waals surface area (Å²) >= 11 is 0. The van der Waals surface area contributed by atoms with Gasteiger partial charge in [-0.25, -0.2) is 0 Å². The van der Waals surface area contributed by atoms with Gasteiger partial charge in [-0.2, -0.15) is 0 Å². The number of carboxylic acids is 1. The monoisotopic (exact) mass is 906 g/mol. The SMILES string of the molecule is CCOC(=O)Cc1ccc2occc2c1OCc1cc(-c2cccc(CN)c2)c2occc2c1.NCc1cccc(-c2cc(COc3c(CC(=O)O)ccc4occc34)cc3ccoc23)c1.[Li+].[OH-]. The molecule has 6 aromatic carbocycles. The molecular weight excluding hydrogens is 860 g/mol. The number of rotatable bonds is 15. The smallest absolute Gasteiger partial charge is 0.870 e. The maximum absolute atomic E-state index is 12.2. The minimum Gasteiger partial charge on any atom is -0.870 e. The summed E-state index contributed by atoms with van der Waals surface area (Å²) in [5.41, 5.74) is 24.0. The van der Waals surface area contributed by atoms with E-state index in [-0.39, 0.29) is 49.8 Å². The molecule has 0 saturated carbocycles. The molecule has 0 bridgehead atoms. The zero-order chi connectivity index (χ0) is 45.6. The summed E-state index contributed by atoms with van der Waals surface area (Å²) in [6.45, 7) is 3.63. The average Bonchev–Trinajstić information content (AvgIpc) is 4.18. The summed E-state index contributed by atoms with van der Waals surface area (Å²) in [6, 6.07) is 39.0. The second-order valence-electron chi connectivity index (χ2n) is 15.7. The number of benzene rings is 6. The number of furan rings is 4. The molecule has 0 spiro atoms.